The minimum Gasteiger partial charge on any atom is -0.508 e. The maximum Gasteiger partial charge on any atom is 0.252 e. The van der Waals surface area contributed by atoms with Crippen LogP contribution in [0.3, 0.4) is 0 Å². The van der Waals surface area contributed by atoms with Crippen LogP contribution in [0.2, 0.25) is 0 Å². The molecule has 2 rings (SSSR count). The molecular weight excluding hydrogens is 386 g/mol. The number of hydrogen-bond acceptors (Lipinski definition) is 4. The Hall–Kier alpha value is -2.67. The minimum absolute atomic E-state index is 0.172. The zero-order valence-corrected chi connectivity index (χ0v) is 15.0. The van der Waals surface area contributed by atoms with Crippen molar-refractivity contribution < 1.29 is 14.7 Å². The van der Waals surface area contributed by atoms with Crippen LogP contribution in [0.25, 0.3) is 0 Å². The van der Waals surface area contributed by atoms with Gasteiger partial charge >= 0.3 is 0 Å². The van der Waals surface area contributed by atoms with Crippen LogP contribution in [-0.2, 0) is 4.79 Å². The van der Waals surface area contributed by atoms with Crippen molar-refractivity contribution in [2.75, 3.05) is 6.54 Å². The van der Waals surface area contributed by atoms with Gasteiger partial charge in [0.15, 0.2) is 0 Å². The quantitative estimate of drug-likeness (QED) is 0.377. The molecule has 0 saturated heterocycles. The monoisotopic (exact) mass is 403 g/mol. The van der Waals surface area contributed by atoms with Crippen LogP contribution in [0.4, 0.5) is 0 Å². The number of nitrogens with one attached hydrogen (secondary N) is 2. The average Bonchev–Trinajstić information content (AvgIpc) is 2.60. The Labute approximate surface area is 154 Å². The number of carbonyl (C=O) groups excluding carboxylic acids is 2. The minimum atomic E-state index is -0.231. The van der Waals surface area contributed by atoms with Crippen molar-refractivity contribution in [3.8, 4) is 5.75 Å². The molecule has 0 atom stereocenters. The Balaban J connectivity index is 1.66. The number of hydrogen-bond donors (Lipinski definition) is 3. The fourth-order valence-corrected chi connectivity index (χ4v) is 2.45. The van der Waals surface area contributed by atoms with E-state index in [1.165, 1.54) is 18.3 Å². The SMILES string of the molecule is O=C(CCCNC(=O)c1ccccc1Br)N/N=C/c1ccc(O)cc1. The number of phenols is 1. The molecule has 0 fully saturated rings. The second kappa shape index (κ2) is 9.58. The highest BCUT2D eigenvalue weighted by Gasteiger charge is 2.08. The lowest BCUT2D eigenvalue weighted by Crippen LogP contribution is -2.26. The predicted molar refractivity (Wildman–Crippen MR) is 99.6 cm³/mol. The van der Waals surface area contributed by atoms with Gasteiger partial charge < -0.3 is 10.4 Å². The summed E-state index contributed by atoms with van der Waals surface area (Å²) in [4.78, 5) is 23.7. The first-order chi connectivity index (χ1) is 12.1. The lowest BCUT2D eigenvalue weighted by atomic mass is 10.2. The molecule has 2 aromatic rings. The predicted octanol–water partition coefficient (Wildman–Crippen LogP) is 2.82. The molecule has 7 heteroatoms. The highest BCUT2D eigenvalue weighted by molar-refractivity contribution is 9.10. The Morgan fingerprint density at radius 2 is 1.84 bits per heavy atom. The van der Waals surface area contributed by atoms with E-state index in [2.05, 4.69) is 31.8 Å². The molecule has 0 heterocycles. The summed E-state index contributed by atoms with van der Waals surface area (Å²) in [7, 11) is 0. The van der Waals surface area contributed by atoms with Crippen LogP contribution in [0, 0.1) is 0 Å². The van der Waals surface area contributed by atoms with Crippen LogP contribution < -0.4 is 10.7 Å². The summed E-state index contributed by atoms with van der Waals surface area (Å²) >= 11 is 3.33. The number of halogens is 1. The van der Waals surface area contributed by atoms with E-state index in [0.29, 0.717) is 18.5 Å². The van der Waals surface area contributed by atoms with Crippen molar-refractivity contribution in [2.24, 2.45) is 5.10 Å². The van der Waals surface area contributed by atoms with Crippen LogP contribution >= 0.6 is 15.9 Å². The zero-order valence-electron chi connectivity index (χ0n) is 13.4. The van der Waals surface area contributed by atoms with E-state index in [9.17, 15) is 14.7 Å². The normalized spacial score (nSPS) is 10.6. The summed E-state index contributed by atoms with van der Waals surface area (Å²) in [6.07, 6.45) is 2.26. The van der Waals surface area contributed by atoms with Gasteiger partial charge in [0, 0.05) is 17.4 Å². The van der Waals surface area contributed by atoms with Gasteiger partial charge in [0.25, 0.3) is 5.91 Å². The Bertz CT molecular complexity index is 760. The first-order valence-corrected chi connectivity index (χ1v) is 8.49. The van der Waals surface area contributed by atoms with Crippen molar-refractivity contribution in [1.82, 2.24) is 10.7 Å². The number of rotatable bonds is 7. The van der Waals surface area contributed by atoms with E-state index in [4.69, 9.17) is 0 Å². The smallest absolute Gasteiger partial charge is 0.252 e. The van der Waals surface area contributed by atoms with E-state index in [-0.39, 0.29) is 24.0 Å². The van der Waals surface area contributed by atoms with Gasteiger partial charge in [-0.25, -0.2) is 5.43 Å². The van der Waals surface area contributed by atoms with Crippen LogP contribution in [-0.4, -0.2) is 29.7 Å². The van der Waals surface area contributed by atoms with Gasteiger partial charge in [-0.05, 0) is 64.3 Å². The first-order valence-electron chi connectivity index (χ1n) is 7.70. The molecular formula is C18H18BrN3O3. The number of hydrazone groups is 1. The molecule has 6 nitrogen and oxygen atoms in total. The number of amides is 2. The Kier molecular flexibility index (Phi) is 7.16. The van der Waals surface area contributed by atoms with E-state index < -0.39 is 0 Å². The average molecular weight is 404 g/mol. The van der Waals surface area contributed by atoms with Crippen LogP contribution in [0.15, 0.2) is 58.1 Å². The van der Waals surface area contributed by atoms with E-state index in [1.807, 2.05) is 6.07 Å². The molecule has 0 aliphatic rings. The number of aromatic hydroxyl groups is 1. The molecule has 0 spiro atoms. The lowest BCUT2D eigenvalue weighted by Gasteiger charge is -2.06. The number of phenolic OH excluding ortho intramolecular Hbond substituents is 1. The fourth-order valence-electron chi connectivity index (χ4n) is 1.99. The molecule has 0 aromatic heterocycles. The summed E-state index contributed by atoms with van der Waals surface area (Å²) in [5, 5.41) is 15.8. The molecule has 25 heavy (non-hydrogen) atoms. The van der Waals surface area contributed by atoms with Crippen molar-refractivity contribution in [3.05, 3.63) is 64.1 Å². The van der Waals surface area contributed by atoms with E-state index >= 15 is 0 Å². The molecule has 2 aromatic carbocycles. The van der Waals surface area contributed by atoms with Crippen molar-refractivity contribution in [1.29, 1.82) is 0 Å². The van der Waals surface area contributed by atoms with Gasteiger partial charge in [0.1, 0.15) is 5.75 Å². The van der Waals surface area contributed by atoms with Gasteiger partial charge in [-0.3, -0.25) is 9.59 Å². The van der Waals surface area contributed by atoms with Crippen molar-refractivity contribution in [3.63, 3.8) is 0 Å². The van der Waals surface area contributed by atoms with Gasteiger partial charge in [0.05, 0.1) is 11.8 Å². The van der Waals surface area contributed by atoms with Gasteiger partial charge in [-0.2, -0.15) is 5.10 Å². The van der Waals surface area contributed by atoms with Gasteiger partial charge in [0.2, 0.25) is 5.91 Å². The molecule has 0 radical (unpaired) electrons. The maximum atomic E-state index is 12.0. The van der Waals surface area contributed by atoms with Crippen LogP contribution in [0.1, 0.15) is 28.8 Å². The van der Waals surface area contributed by atoms with Crippen molar-refractivity contribution >= 4 is 34.0 Å². The van der Waals surface area contributed by atoms with E-state index in [1.54, 1.807) is 30.3 Å². The van der Waals surface area contributed by atoms with E-state index in [0.717, 1.165) is 10.0 Å². The summed E-state index contributed by atoms with van der Waals surface area (Å²) < 4.78 is 0.730. The first kappa shape index (κ1) is 18.7. The highest BCUT2D eigenvalue weighted by Crippen LogP contribution is 2.15. The molecule has 0 bridgehead atoms. The third-order valence-corrected chi connectivity index (χ3v) is 3.97. The third kappa shape index (κ3) is 6.39. The Morgan fingerprint density at radius 1 is 1.12 bits per heavy atom. The largest absolute Gasteiger partial charge is 0.508 e. The molecule has 3 N–H and O–H groups in total. The molecule has 0 unspecified atom stereocenters. The van der Waals surface area contributed by atoms with Crippen LogP contribution in [0.5, 0.6) is 5.75 Å². The number of carbonyl (C=O) groups is 2. The van der Waals surface area contributed by atoms with Gasteiger partial charge in [-0.1, -0.05) is 12.1 Å². The summed E-state index contributed by atoms with van der Waals surface area (Å²) in [6, 6.07) is 13.6. The van der Waals surface area contributed by atoms with Crippen molar-refractivity contribution in [2.45, 2.75) is 12.8 Å². The number of benzene rings is 2. The zero-order chi connectivity index (χ0) is 18.1. The molecule has 0 saturated carbocycles. The van der Waals surface area contributed by atoms with Gasteiger partial charge in [-0.15, -0.1) is 0 Å². The number of nitrogens with zero attached hydrogens (tertiary/aromatic N) is 1. The summed E-state index contributed by atoms with van der Waals surface area (Å²) in [5.74, 6) is -0.242. The maximum absolute atomic E-state index is 12.0. The highest BCUT2D eigenvalue weighted by atomic mass is 79.9. The lowest BCUT2D eigenvalue weighted by molar-refractivity contribution is -0.121. The molecule has 0 aliphatic heterocycles. The summed E-state index contributed by atoms with van der Waals surface area (Å²) in [5.41, 5.74) is 3.75. The standard InChI is InChI=1S/C18H18BrN3O3/c19-16-5-2-1-4-15(16)18(25)20-11-3-6-17(24)22-21-12-13-7-9-14(23)10-8-13/h1-2,4-5,7-10,12,23H,3,6,11H2,(H,20,25)(H,22,24)/b21-12+. The fraction of sp³-hybridized carbons (Fsp3) is 0.167. The third-order valence-electron chi connectivity index (χ3n) is 3.28. The molecule has 130 valence electrons. The second-order valence-corrected chi connectivity index (χ2v) is 6.08. The molecule has 2 amide bonds. The Morgan fingerprint density at radius 3 is 2.56 bits per heavy atom. The topological polar surface area (TPSA) is 90.8 Å². The summed E-state index contributed by atoms with van der Waals surface area (Å²) in [6.45, 7) is 0.398. The molecule has 0 aliphatic carbocycles. The second-order valence-electron chi connectivity index (χ2n) is 5.22.